The van der Waals surface area contributed by atoms with Crippen molar-refractivity contribution >= 4 is 0 Å². The summed E-state index contributed by atoms with van der Waals surface area (Å²) in [5.74, 6) is -1.12. The lowest BCUT2D eigenvalue weighted by atomic mass is 10.0. The van der Waals surface area contributed by atoms with E-state index in [4.69, 9.17) is 10.5 Å². The normalized spacial score (nSPS) is 10.5. The minimum absolute atomic E-state index is 0.0861. The second-order valence-corrected chi connectivity index (χ2v) is 4.28. The number of ether oxygens (including phenoxy) is 1. The van der Waals surface area contributed by atoms with Crippen molar-refractivity contribution < 1.29 is 13.5 Å². The highest BCUT2D eigenvalue weighted by Crippen LogP contribution is 2.23. The van der Waals surface area contributed by atoms with Crippen LogP contribution in [0.4, 0.5) is 8.78 Å². The molecule has 0 radical (unpaired) electrons. The summed E-state index contributed by atoms with van der Waals surface area (Å²) in [5, 5.41) is 0. The Kier molecular flexibility index (Phi) is 4.12. The molecule has 0 aliphatic rings. The lowest BCUT2D eigenvalue weighted by Gasteiger charge is -2.08. The molecule has 0 amide bonds. The summed E-state index contributed by atoms with van der Waals surface area (Å²) in [6, 6.07) is 9.74. The highest BCUT2D eigenvalue weighted by Gasteiger charge is 2.11. The van der Waals surface area contributed by atoms with Crippen LogP contribution >= 0.6 is 0 Å². The summed E-state index contributed by atoms with van der Waals surface area (Å²) in [6.07, 6.45) is 0.320. The summed E-state index contributed by atoms with van der Waals surface area (Å²) in [6.45, 7) is 0.424. The van der Waals surface area contributed by atoms with Gasteiger partial charge in [-0.1, -0.05) is 24.3 Å². The average Bonchev–Trinajstić information content (AvgIpc) is 2.42. The van der Waals surface area contributed by atoms with Crippen LogP contribution in [0.15, 0.2) is 36.4 Å². The highest BCUT2D eigenvalue weighted by atomic mass is 19.1. The first-order chi connectivity index (χ1) is 9.13. The lowest BCUT2D eigenvalue weighted by Crippen LogP contribution is -2.00. The van der Waals surface area contributed by atoms with Crippen LogP contribution in [-0.4, -0.2) is 7.11 Å². The fourth-order valence-electron chi connectivity index (χ4n) is 1.95. The maximum Gasteiger partial charge on any atom is 0.165 e. The number of methoxy groups -OCH3 is 1. The Morgan fingerprint density at radius 2 is 1.79 bits per heavy atom. The molecule has 0 fully saturated rings. The first kappa shape index (κ1) is 13.5. The van der Waals surface area contributed by atoms with Crippen molar-refractivity contribution in [3.05, 3.63) is 64.7 Å². The summed E-state index contributed by atoms with van der Waals surface area (Å²) >= 11 is 0. The van der Waals surface area contributed by atoms with Crippen LogP contribution < -0.4 is 10.5 Å². The van der Waals surface area contributed by atoms with E-state index in [0.717, 1.165) is 17.2 Å². The second-order valence-electron chi connectivity index (χ2n) is 4.28. The molecule has 0 bridgehead atoms. The van der Waals surface area contributed by atoms with E-state index < -0.39 is 11.6 Å². The molecule has 0 unspecified atom stereocenters. The van der Waals surface area contributed by atoms with E-state index >= 15 is 0 Å². The van der Waals surface area contributed by atoms with E-state index in [1.807, 2.05) is 24.3 Å². The van der Waals surface area contributed by atoms with Gasteiger partial charge in [-0.2, -0.15) is 0 Å². The van der Waals surface area contributed by atoms with E-state index in [1.54, 1.807) is 0 Å². The molecule has 2 aromatic rings. The largest absolute Gasteiger partial charge is 0.494 e. The van der Waals surface area contributed by atoms with Gasteiger partial charge in [-0.25, -0.2) is 8.78 Å². The minimum Gasteiger partial charge on any atom is -0.494 e. The van der Waals surface area contributed by atoms with Crippen molar-refractivity contribution in [1.29, 1.82) is 0 Å². The van der Waals surface area contributed by atoms with Gasteiger partial charge in [0.25, 0.3) is 0 Å². The molecule has 19 heavy (non-hydrogen) atoms. The van der Waals surface area contributed by atoms with E-state index in [2.05, 4.69) is 0 Å². The van der Waals surface area contributed by atoms with Gasteiger partial charge in [-0.3, -0.25) is 0 Å². The van der Waals surface area contributed by atoms with Crippen molar-refractivity contribution in [2.75, 3.05) is 7.11 Å². The Morgan fingerprint density at radius 1 is 1.05 bits per heavy atom. The van der Waals surface area contributed by atoms with Gasteiger partial charge in [0.15, 0.2) is 11.6 Å². The van der Waals surface area contributed by atoms with E-state index in [1.165, 1.54) is 13.2 Å². The van der Waals surface area contributed by atoms with Crippen molar-refractivity contribution in [2.24, 2.45) is 5.73 Å². The first-order valence-corrected chi connectivity index (χ1v) is 5.94. The highest BCUT2D eigenvalue weighted by molar-refractivity contribution is 5.35. The molecule has 0 aromatic heterocycles. The van der Waals surface area contributed by atoms with Crippen LogP contribution in [0.1, 0.15) is 16.7 Å². The fraction of sp³-hybridized carbons (Fsp3) is 0.200. The number of halogens is 2. The maximum absolute atomic E-state index is 13.8. The van der Waals surface area contributed by atoms with Gasteiger partial charge in [-0.15, -0.1) is 0 Å². The molecule has 2 N–H and O–H groups in total. The van der Waals surface area contributed by atoms with Crippen molar-refractivity contribution in [3.8, 4) is 5.75 Å². The molecule has 0 aliphatic carbocycles. The van der Waals surface area contributed by atoms with Crippen molar-refractivity contribution in [1.82, 2.24) is 0 Å². The maximum atomic E-state index is 13.8. The number of rotatable bonds is 4. The molecule has 0 spiro atoms. The first-order valence-electron chi connectivity index (χ1n) is 5.94. The average molecular weight is 263 g/mol. The third-order valence-corrected chi connectivity index (χ3v) is 2.94. The number of benzene rings is 2. The number of nitrogens with two attached hydrogens (primary N) is 1. The van der Waals surface area contributed by atoms with Gasteiger partial charge < -0.3 is 10.5 Å². The SMILES string of the molecule is COc1cc(F)c(Cc2cccc(CN)c2)cc1F. The number of hydrogen-bond donors (Lipinski definition) is 1. The summed E-state index contributed by atoms with van der Waals surface area (Å²) in [5.41, 5.74) is 7.71. The Labute approximate surface area is 110 Å². The molecule has 0 heterocycles. The van der Waals surface area contributed by atoms with Gasteiger partial charge in [0.1, 0.15) is 5.82 Å². The van der Waals surface area contributed by atoms with Crippen LogP contribution in [0.2, 0.25) is 0 Å². The predicted molar refractivity (Wildman–Crippen MR) is 70.0 cm³/mol. The third-order valence-electron chi connectivity index (χ3n) is 2.94. The fourth-order valence-corrected chi connectivity index (χ4v) is 1.95. The zero-order valence-corrected chi connectivity index (χ0v) is 10.6. The second kappa shape index (κ2) is 5.80. The van der Waals surface area contributed by atoms with Crippen LogP contribution in [-0.2, 0) is 13.0 Å². The molecular weight excluding hydrogens is 248 g/mol. The molecule has 2 nitrogen and oxygen atoms in total. The van der Waals surface area contributed by atoms with Crippen molar-refractivity contribution in [2.45, 2.75) is 13.0 Å². The van der Waals surface area contributed by atoms with Crippen molar-refractivity contribution in [3.63, 3.8) is 0 Å². The number of hydrogen-bond acceptors (Lipinski definition) is 2. The zero-order chi connectivity index (χ0) is 13.8. The zero-order valence-electron chi connectivity index (χ0n) is 10.6. The molecule has 0 saturated carbocycles. The molecule has 4 heteroatoms. The van der Waals surface area contributed by atoms with Gasteiger partial charge in [0, 0.05) is 19.0 Å². The molecule has 0 atom stereocenters. The molecule has 0 aliphatic heterocycles. The van der Waals surface area contributed by atoms with E-state index in [-0.39, 0.29) is 5.75 Å². The van der Waals surface area contributed by atoms with Crippen LogP contribution in [0.5, 0.6) is 5.75 Å². The minimum atomic E-state index is -0.561. The summed E-state index contributed by atoms with van der Waals surface area (Å²) in [4.78, 5) is 0. The molecule has 0 saturated heterocycles. The predicted octanol–water partition coefficient (Wildman–Crippen LogP) is 3.02. The molecular formula is C15H15F2NO. The Bertz CT molecular complexity index is 584. The molecule has 2 aromatic carbocycles. The van der Waals surface area contributed by atoms with Crippen LogP contribution in [0.25, 0.3) is 0 Å². The Morgan fingerprint density at radius 3 is 2.47 bits per heavy atom. The monoisotopic (exact) mass is 263 g/mol. The molecule has 2 rings (SSSR count). The lowest BCUT2D eigenvalue weighted by molar-refractivity contribution is 0.382. The van der Waals surface area contributed by atoms with Crippen LogP contribution in [0, 0.1) is 11.6 Å². The van der Waals surface area contributed by atoms with Crippen LogP contribution in [0.3, 0.4) is 0 Å². The standard InChI is InChI=1S/C15H15F2NO/c1-19-15-8-13(16)12(7-14(15)17)6-10-3-2-4-11(5-10)9-18/h2-5,7-8H,6,9,18H2,1H3. The summed E-state index contributed by atoms with van der Waals surface area (Å²) in [7, 11) is 1.31. The van der Waals surface area contributed by atoms with Gasteiger partial charge >= 0.3 is 0 Å². The Balaban J connectivity index is 2.30. The van der Waals surface area contributed by atoms with E-state index in [0.29, 0.717) is 18.5 Å². The van der Waals surface area contributed by atoms with E-state index in [9.17, 15) is 8.78 Å². The third kappa shape index (κ3) is 3.09. The smallest absolute Gasteiger partial charge is 0.165 e. The quantitative estimate of drug-likeness (QED) is 0.920. The van der Waals surface area contributed by atoms with Gasteiger partial charge in [0.2, 0.25) is 0 Å². The summed E-state index contributed by atoms with van der Waals surface area (Å²) < 4.78 is 32.1. The van der Waals surface area contributed by atoms with Gasteiger partial charge in [0.05, 0.1) is 7.11 Å². The Hall–Kier alpha value is -1.94. The van der Waals surface area contributed by atoms with Gasteiger partial charge in [-0.05, 0) is 22.8 Å². The molecule has 100 valence electrons. The topological polar surface area (TPSA) is 35.2 Å².